The van der Waals surface area contributed by atoms with E-state index in [1.807, 2.05) is 24.3 Å². The van der Waals surface area contributed by atoms with Gasteiger partial charge in [-0.1, -0.05) is 61.5 Å². The predicted molar refractivity (Wildman–Crippen MR) is 129 cm³/mol. The fraction of sp³-hybridized carbons (Fsp3) is 0.222. The third kappa shape index (κ3) is 4.93. The highest BCUT2D eigenvalue weighted by atomic mass is 16.5. The van der Waals surface area contributed by atoms with Gasteiger partial charge in [-0.2, -0.15) is 0 Å². The molecule has 34 heavy (non-hydrogen) atoms. The smallest absolute Gasteiger partial charge is 0.411 e. The Morgan fingerprint density at radius 2 is 1.59 bits per heavy atom. The zero-order chi connectivity index (χ0) is 24.1. The fourth-order valence-electron chi connectivity index (χ4n) is 4.21. The molecule has 1 aliphatic rings. The van der Waals surface area contributed by atoms with Crippen LogP contribution >= 0.6 is 0 Å². The number of fused-ring (bicyclic) bond motifs is 3. The number of carbonyl (C=O) groups excluding carboxylic acids is 2. The van der Waals surface area contributed by atoms with Crippen LogP contribution in [0, 0.1) is 5.92 Å². The van der Waals surface area contributed by atoms with Gasteiger partial charge < -0.3 is 15.2 Å². The van der Waals surface area contributed by atoms with Crippen molar-refractivity contribution in [1.29, 1.82) is 0 Å². The Morgan fingerprint density at radius 1 is 0.941 bits per heavy atom. The van der Waals surface area contributed by atoms with Gasteiger partial charge in [-0.05, 0) is 46.9 Å². The van der Waals surface area contributed by atoms with Crippen molar-refractivity contribution in [2.24, 2.45) is 5.92 Å². The number of carboxylic acids is 1. The maximum atomic E-state index is 12.5. The number of carbonyl (C=O) groups is 3. The number of hydrogen-bond acceptors (Lipinski definition) is 4. The second-order valence-corrected chi connectivity index (χ2v) is 8.18. The van der Waals surface area contributed by atoms with Crippen molar-refractivity contribution in [3.8, 4) is 11.1 Å². The molecule has 0 saturated carbocycles. The van der Waals surface area contributed by atoms with Crippen LogP contribution in [0.5, 0.6) is 0 Å². The second-order valence-electron chi connectivity index (χ2n) is 8.18. The monoisotopic (exact) mass is 458 g/mol. The molecule has 0 bridgehead atoms. The van der Waals surface area contributed by atoms with Gasteiger partial charge in [0.25, 0.3) is 5.91 Å². The molecule has 0 aromatic heterocycles. The van der Waals surface area contributed by atoms with Crippen molar-refractivity contribution < 1.29 is 24.2 Å². The molecule has 7 heteroatoms. The van der Waals surface area contributed by atoms with Gasteiger partial charge >= 0.3 is 12.1 Å². The summed E-state index contributed by atoms with van der Waals surface area (Å²) in [6, 6.07) is 22.6. The van der Waals surface area contributed by atoms with Gasteiger partial charge in [-0.25, -0.2) is 4.79 Å². The molecular weight excluding hydrogens is 432 g/mol. The van der Waals surface area contributed by atoms with Crippen LogP contribution in [0.3, 0.4) is 0 Å². The molecular formula is C27H26N2O5. The van der Waals surface area contributed by atoms with E-state index in [2.05, 4.69) is 34.9 Å². The van der Waals surface area contributed by atoms with E-state index in [-0.39, 0.29) is 19.1 Å². The third-order valence-corrected chi connectivity index (χ3v) is 6.07. The predicted octanol–water partition coefficient (Wildman–Crippen LogP) is 4.89. The van der Waals surface area contributed by atoms with Crippen LogP contribution in [0.1, 0.15) is 40.7 Å². The SMILES string of the molecule is CCC(CNC(=O)c1cccc(NC(=O)OCC2c3ccccc3-c3ccccc32)c1)C(=O)O. The minimum atomic E-state index is -0.950. The summed E-state index contributed by atoms with van der Waals surface area (Å²) < 4.78 is 5.55. The van der Waals surface area contributed by atoms with Gasteiger partial charge in [0.1, 0.15) is 6.61 Å². The molecule has 174 valence electrons. The van der Waals surface area contributed by atoms with Crippen molar-refractivity contribution in [2.75, 3.05) is 18.5 Å². The molecule has 7 nitrogen and oxygen atoms in total. The first-order valence-electron chi connectivity index (χ1n) is 11.2. The Bertz CT molecular complexity index is 1180. The van der Waals surface area contributed by atoms with Crippen LogP contribution in [0.4, 0.5) is 10.5 Å². The van der Waals surface area contributed by atoms with Crippen LogP contribution in [0.15, 0.2) is 72.8 Å². The maximum Gasteiger partial charge on any atom is 0.411 e. The fourth-order valence-corrected chi connectivity index (χ4v) is 4.21. The lowest BCUT2D eigenvalue weighted by Gasteiger charge is -2.15. The van der Waals surface area contributed by atoms with Crippen molar-refractivity contribution in [2.45, 2.75) is 19.3 Å². The van der Waals surface area contributed by atoms with Crippen LogP contribution in [-0.4, -0.2) is 36.2 Å². The second kappa shape index (κ2) is 10.2. The molecule has 1 aliphatic carbocycles. The van der Waals surface area contributed by atoms with Gasteiger partial charge in [0.2, 0.25) is 0 Å². The summed E-state index contributed by atoms with van der Waals surface area (Å²) in [5.41, 5.74) is 5.29. The van der Waals surface area contributed by atoms with E-state index >= 15 is 0 Å². The average Bonchev–Trinajstić information content (AvgIpc) is 3.16. The number of aliphatic carboxylic acids is 1. The highest BCUT2D eigenvalue weighted by Crippen LogP contribution is 2.44. The van der Waals surface area contributed by atoms with Crippen molar-refractivity contribution in [3.05, 3.63) is 89.5 Å². The lowest BCUT2D eigenvalue weighted by atomic mass is 9.98. The molecule has 3 aromatic carbocycles. The van der Waals surface area contributed by atoms with Gasteiger partial charge in [-0.3, -0.25) is 14.9 Å². The normalized spacial score (nSPS) is 12.9. The number of hydrogen-bond donors (Lipinski definition) is 3. The lowest BCUT2D eigenvalue weighted by molar-refractivity contribution is -0.141. The summed E-state index contributed by atoms with van der Waals surface area (Å²) in [5, 5.41) is 14.4. The van der Waals surface area contributed by atoms with E-state index in [0.29, 0.717) is 17.7 Å². The molecule has 1 atom stereocenters. The van der Waals surface area contributed by atoms with Crippen LogP contribution in [0.2, 0.25) is 0 Å². The molecule has 0 heterocycles. The van der Waals surface area contributed by atoms with Gasteiger partial charge in [0.15, 0.2) is 0 Å². The summed E-state index contributed by atoms with van der Waals surface area (Å²) in [6.45, 7) is 1.98. The zero-order valence-corrected chi connectivity index (χ0v) is 18.8. The number of nitrogens with one attached hydrogen (secondary N) is 2. The molecule has 0 saturated heterocycles. The van der Waals surface area contributed by atoms with Gasteiger partial charge in [0, 0.05) is 23.7 Å². The molecule has 1 unspecified atom stereocenters. The first-order chi connectivity index (χ1) is 16.5. The standard InChI is InChI=1S/C27H26N2O5/c1-2-17(26(31)32)15-28-25(30)18-8-7-9-19(14-18)29-27(33)34-16-24-22-12-5-3-10-20(22)21-11-4-6-13-23(21)24/h3-14,17,24H,2,15-16H2,1H3,(H,28,30)(H,29,33)(H,31,32). The Balaban J connectivity index is 1.37. The van der Waals surface area contributed by atoms with Crippen LogP contribution in [-0.2, 0) is 9.53 Å². The van der Waals surface area contributed by atoms with Gasteiger partial charge in [-0.15, -0.1) is 0 Å². The molecule has 4 rings (SSSR count). The van der Waals surface area contributed by atoms with Crippen molar-refractivity contribution >= 4 is 23.7 Å². The van der Waals surface area contributed by atoms with E-state index < -0.39 is 23.9 Å². The van der Waals surface area contributed by atoms with E-state index in [9.17, 15) is 14.4 Å². The quantitative estimate of drug-likeness (QED) is 0.446. The summed E-state index contributed by atoms with van der Waals surface area (Å²) in [7, 11) is 0. The Kier molecular flexibility index (Phi) is 6.92. The van der Waals surface area contributed by atoms with Crippen molar-refractivity contribution in [1.82, 2.24) is 5.32 Å². The molecule has 0 fully saturated rings. The molecule has 0 radical (unpaired) electrons. The van der Waals surface area contributed by atoms with Crippen LogP contribution < -0.4 is 10.6 Å². The first kappa shape index (κ1) is 23.0. The minimum absolute atomic E-state index is 0.0364. The molecule has 3 N–H and O–H groups in total. The molecule has 0 aliphatic heterocycles. The van der Waals surface area contributed by atoms with E-state index in [4.69, 9.17) is 9.84 Å². The van der Waals surface area contributed by atoms with E-state index in [0.717, 1.165) is 22.3 Å². The third-order valence-electron chi connectivity index (χ3n) is 6.07. The molecule has 2 amide bonds. The van der Waals surface area contributed by atoms with Gasteiger partial charge in [0.05, 0.1) is 5.92 Å². The number of anilines is 1. The highest BCUT2D eigenvalue weighted by Gasteiger charge is 2.29. The Labute approximate surface area is 197 Å². The summed E-state index contributed by atoms with van der Waals surface area (Å²) in [5.74, 6) is -2.05. The first-order valence-corrected chi connectivity index (χ1v) is 11.2. The van der Waals surface area contributed by atoms with E-state index in [1.54, 1.807) is 25.1 Å². The van der Waals surface area contributed by atoms with Crippen molar-refractivity contribution in [3.63, 3.8) is 0 Å². The average molecular weight is 459 g/mol. The Morgan fingerprint density at radius 3 is 2.21 bits per heavy atom. The largest absolute Gasteiger partial charge is 0.481 e. The highest BCUT2D eigenvalue weighted by molar-refractivity contribution is 5.96. The molecule has 0 spiro atoms. The summed E-state index contributed by atoms with van der Waals surface area (Å²) >= 11 is 0. The number of ether oxygens (including phenoxy) is 1. The zero-order valence-electron chi connectivity index (χ0n) is 18.8. The number of carboxylic acid groups (broad SMARTS) is 1. The number of benzene rings is 3. The van der Waals surface area contributed by atoms with Crippen LogP contribution in [0.25, 0.3) is 11.1 Å². The Hall–Kier alpha value is -4.13. The summed E-state index contributed by atoms with van der Waals surface area (Å²) in [6.07, 6.45) is -0.199. The maximum absolute atomic E-state index is 12.5. The topological polar surface area (TPSA) is 105 Å². The minimum Gasteiger partial charge on any atom is -0.481 e. The lowest BCUT2D eigenvalue weighted by Crippen LogP contribution is -2.32. The van der Waals surface area contributed by atoms with E-state index in [1.165, 1.54) is 6.07 Å². The number of amides is 2. The molecule has 3 aromatic rings. The summed E-state index contributed by atoms with van der Waals surface area (Å²) in [4.78, 5) is 36.1. The number of rotatable bonds is 8.